The molecule has 0 amide bonds. The van der Waals surface area contributed by atoms with Gasteiger partial charge in [-0.1, -0.05) is 0 Å². The maximum atomic E-state index is 5.33. The standard InChI is InChI=1S/C10H16N4O.ClH/c1-13(2)10-11-9(15-12-10)8-6-14-4-3-7(8)5-14;/h7-8H,3-6H2,1-2H3;1H. The number of anilines is 1. The predicted molar refractivity (Wildman–Crippen MR) is 63.2 cm³/mol. The minimum absolute atomic E-state index is 0. The molecule has 2 fully saturated rings. The summed E-state index contributed by atoms with van der Waals surface area (Å²) in [7, 11) is 3.86. The highest BCUT2D eigenvalue weighted by atomic mass is 35.5. The van der Waals surface area contributed by atoms with Crippen LogP contribution >= 0.6 is 12.4 Å². The molecule has 0 aliphatic carbocycles. The van der Waals surface area contributed by atoms with E-state index in [1.807, 2.05) is 19.0 Å². The lowest BCUT2D eigenvalue weighted by Crippen LogP contribution is -2.22. The van der Waals surface area contributed by atoms with Gasteiger partial charge in [0.15, 0.2) is 0 Å². The second kappa shape index (κ2) is 4.22. The fourth-order valence-corrected chi connectivity index (χ4v) is 2.62. The molecule has 2 saturated heterocycles. The fraction of sp³-hybridized carbons (Fsp3) is 0.800. The molecule has 16 heavy (non-hydrogen) atoms. The third-order valence-corrected chi connectivity index (χ3v) is 3.48. The highest BCUT2D eigenvalue weighted by Crippen LogP contribution is 2.39. The molecule has 90 valence electrons. The first kappa shape index (κ1) is 11.7. The van der Waals surface area contributed by atoms with Crippen LogP contribution in [0.5, 0.6) is 0 Å². The van der Waals surface area contributed by atoms with E-state index in [0.29, 0.717) is 11.9 Å². The Bertz CT molecular complexity index is 367. The molecule has 1 aromatic rings. The quantitative estimate of drug-likeness (QED) is 0.776. The first-order chi connectivity index (χ1) is 7.24. The summed E-state index contributed by atoms with van der Waals surface area (Å²) in [5.74, 6) is 2.72. The molecule has 0 aromatic carbocycles. The van der Waals surface area contributed by atoms with Crippen LogP contribution < -0.4 is 4.90 Å². The Labute approximate surface area is 101 Å². The van der Waals surface area contributed by atoms with Gasteiger partial charge in [0.1, 0.15) is 0 Å². The number of fused-ring (bicyclic) bond motifs is 2. The Morgan fingerprint density at radius 2 is 2.19 bits per heavy atom. The van der Waals surface area contributed by atoms with E-state index in [4.69, 9.17) is 4.52 Å². The van der Waals surface area contributed by atoms with Crippen molar-refractivity contribution in [2.45, 2.75) is 12.3 Å². The molecule has 0 N–H and O–H groups in total. The first-order valence-electron chi connectivity index (χ1n) is 5.47. The van der Waals surface area contributed by atoms with Gasteiger partial charge in [0.05, 0.1) is 5.92 Å². The molecule has 3 heterocycles. The summed E-state index contributed by atoms with van der Waals surface area (Å²) in [6.07, 6.45) is 1.28. The number of piperidine rings is 1. The summed E-state index contributed by atoms with van der Waals surface area (Å²) in [5.41, 5.74) is 0. The summed E-state index contributed by atoms with van der Waals surface area (Å²) in [6, 6.07) is 0. The summed E-state index contributed by atoms with van der Waals surface area (Å²) >= 11 is 0. The normalized spacial score (nSPS) is 31.5. The zero-order chi connectivity index (χ0) is 10.4. The maximum Gasteiger partial charge on any atom is 0.265 e. The molecule has 3 rings (SSSR count). The molecule has 0 saturated carbocycles. The van der Waals surface area contributed by atoms with E-state index < -0.39 is 0 Å². The fourth-order valence-electron chi connectivity index (χ4n) is 2.62. The second-order valence-electron chi connectivity index (χ2n) is 4.74. The number of aromatic nitrogens is 2. The molecule has 3 unspecified atom stereocenters. The molecule has 1 aromatic heterocycles. The zero-order valence-corrected chi connectivity index (χ0v) is 10.4. The lowest BCUT2D eigenvalue weighted by Gasteiger charge is -2.18. The summed E-state index contributed by atoms with van der Waals surface area (Å²) in [4.78, 5) is 8.79. The van der Waals surface area contributed by atoms with Crippen molar-refractivity contribution in [2.24, 2.45) is 5.92 Å². The minimum Gasteiger partial charge on any atom is -0.344 e. The molecule has 0 spiro atoms. The van der Waals surface area contributed by atoms with E-state index >= 15 is 0 Å². The third-order valence-electron chi connectivity index (χ3n) is 3.48. The Hall–Kier alpha value is -0.810. The van der Waals surface area contributed by atoms with Gasteiger partial charge in [0, 0.05) is 27.2 Å². The van der Waals surface area contributed by atoms with Crippen molar-refractivity contribution < 1.29 is 4.52 Å². The maximum absolute atomic E-state index is 5.33. The van der Waals surface area contributed by atoms with Gasteiger partial charge in [-0.15, -0.1) is 12.4 Å². The van der Waals surface area contributed by atoms with Crippen LogP contribution in [0.1, 0.15) is 18.2 Å². The molecule has 2 aliphatic heterocycles. The molecule has 2 bridgehead atoms. The van der Waals surface area contributed by atoms with E-state index in [-0.39, 0.29) is 12.4 Å². The van der Waals surface area contributed by atoms with Crippen molar-refractivity contribution in [1.29, 1.82) is 0 Å². The van der Waals surface area contributed by atoms with Gasteiger partial charge in [-0.3, -0.25) is 0 Å². The van der Waals surface area contributed by atoms with Crippen LogP contribution in [0, 0.1) is 5.92 Å². The lowest BCUT2D eigenvalue weighted by molar-refractivity contribution is 0.289. The highest BCUT2D eigenvalue weighted by molar-refractivity contribution is 5.85. The molecule has 0 radical (unpaired) electrons. The Kier molecular flexibility index (Phi) is 3.08. The molecule has 5 nitrogen and oxygen atoms in total. The molecule has 3 atom stereocenters. The van der Waals surface area contributed by atoms with Crippen LogP contribution in [0.2, 0.25) is 0 Å². The molecular formula is C10H17ClN4O. The van der Waals surface area contributed by atoms with Gasteiger partial charge in [-0.05, 0) is 24.0 Å². The van der Waals surface area contributed by atoms with Crippen LogP contribution in [-0.4, -0.2) is 48.8 Å². The molecule has 6 heteroatoms. The Morgan fingerprint density at radius 1 is 1.38 bits per heavy atom. The Balaban J connectivity index is 0.000000963. The summed E-state index contributed by atoms with van der Waals surface area (Å²) in [5, 5.41) is 3.97. The van der Waals surface area contributed by atoms with Crippen molar-refractivity contribution in [3.8, 4) is 0 Å². The van der Waals surface area contributed by atoms with Gasteiger partial charge < -0.3 is 14.3 Å². The highest BCUT2D eigenvalue weighted by Gasteiger charge is 2.41. The SMILES string of the molecule is CN(C)c1noc(C2CN3CCC2C3)n1.Cl. The van der Waals surface area contributed by atoms with Gasteiger partial charge in [0.25, 0.3) is 5.95 Å². The second-order valence-corrected chi connectivity index (χ2v) is 4.74. The van der Waals surface area contributed by atoms with Crippen LogP contribution in [0.15, 0.2) is 4.52 Å². The van der Waals surface area contributed by atoms with E-state index in [1.165, 1.54) is 19.5 Å². The Morgan fingerprint density at radius 3 is 2.69 bits per heavy atom. The van der Waals surface area contributed by atoms with E-state index in [9.17, 15) is 0 Å². The monoisotopic (exact) mass is 244 g/mol. The largest absolute Gasteiger partial charge is 0.344 e. The van der Waals surface area contributed by atoms with Crippen molar-refractivity contribution in [2.75, 3.05) is 38.6 Å². The van der Waals surface area contributed by atoms with Crippen molar-refractivity contribution in [1.82, 2.24) is 15.0 Å². The number of hydrogen-bond acceptors (Lipinski definition) is 5. The predicted octanol–water partition coefficient (Wildman–Crippen LogP) is 0.976. The van der Waals surface area contributed by atoms with Crippen molar-refractivity contribution in [3.63, 3.8) is 0 Å². The summed E-state index contributed by atoms with van der Waals surface area (Å²) in [6.45, 7) is 3.56. The van der Waals surface area contributed by atoms with Crippen LogP contribution in [-0.2, 0) is 0 Å². The zero-order valence-electron chi connectivity index (χ0n) is 9.59. The minimum atomic E-state index is 0. The van der Waals surface area contributed by atoms with Crippen molar-refractivity contribution in [3.05, 3.63) is 5.89 Å². The van der Waals surface area contributed by atoms with E-state index in [0.717, 1.165) is 18.4 Å². The average Bonchev–Trinajstić information content (AvgIpc) is 2.93. The number of nitrogens with zero attached hydrogens (tertiary/aromatic N) is 4. The van der Waals surface area contributed by atoms with Gasteiger partial charge >= 0.3 is 0 Å². The third kappa shape index (κ3) is 1.78. The topological polar surface area (TPSA) is 45.4 Å². The summed E-state index contributed by atoms with van der Waals surface area (Å²) < 4.78 is 5.33. The van der Waals surface area contributed by atoms with Crippen LogP contribution in [0.25, 0.3) is 0 Å². The van der Waals surface area contributed by atoms with E-state index in [2.05, 4.69) is 15.0 Å². The first-order valence-corrected chi connectivity index (χ1v) is 5.47. The van der Waals surface area contributed by atoms with Gasteiger partial charge in [-0.25, -0.2) is 0 Å². The number of halogens is 1. The molecular weight excluding hydrogens is 228 g/mol. The van der Waals surface area contributed by atoms with Gasteiger partial charge in [-0.2, -0.15) is 4.98 Å². The lowest BCUT2D eigenvalue weighted by atomic mass is 9.93. The van der Waals surface area contributed by atoms with Crippen LogP contribution in [0.4, 0.5) is 5.95 Å². The van der Waals surface area contributed by atoms with E-state index in [1.54, 1.807) is 0 Å². The number of rotatable bonds is 2. The van der Waals surface area contributed by atoms with Gasteiger partial charge in [0.2, 0.25) is 5.89 Å². The number of hydrogen-bond donors (Lipinski definition) is 0. The molecule has 2 aliphatic rings. The smallest absolute Gasteiger partial charge is 0.265 e. The van der Waals surface area contributed by atoms with Crippen molar-refractivity contribution >= 4 is 18.4 Å². The van der Waals surface area contributed by atoms with Crippen LogP contribution in [0.3, 0.4) is 0 Å². The average molecular weight is 245 g/mol.